The molecule has 0 aliphatic rings. The van der Waals surface area contributed by atoms with Crippen LogP contribution in [0.3, 0.4) is 0 Å². The molecule has 0 bridgehead atoms. The van der Waals surface area contributed by atoms with E-state index in [4.69, 9.17) is 16.2 Å². The van der Waals surface area contributed by atoms with Crippen molar-refractivity contribution in [2.75, 3.05) is 18.5 Å². The minimum absolute atomic E-state index is 0. The van der Waals surface area contributed by atoms with Gasteiger partial charge in [0.15, 0.2) is 0 Å². The van der Waals surface area contributed by atoms with Crippen LogP contribution in [-0.2, 0) is 9.59 Å². The maximum Gasteiger partial charge on any atom is 0.228 e. The summed E-state index contributed by atoms with van der Waals surface area (Å²) in [6.45, 7) is 2.19. The standard InChI is InChI=1S/C13H19N3O3.ClH/c1-9(8-14)13(18)16-10-4-2-3-5-11(10)19-7-6-12(15)17;/h2-5,9H,6-8,14H2,1H3,(H2,15,17)(H,16,18);1H. The predicted molar refractivity (Wildman–Crippen MR) is 79.8 cm³/mol. The number of hydrogen-bond acceptors (Lipinski definition) is 4. The zero-order valence-electron chi connectivity index (χ0n) is 11.3. The van der Waals surface area contributed by atoms with Crippen molar-refractivity contribution in [2.45, 2.75) is 13.3 Å². The SMILES string of the molecule is CC(CN)C(=O)Nc1ccccc1OCCC(N)=O.Cl. The molecule has 1 unspecified atom stereocenters. The Balaban J connectivity index is 0.00000361. The zero-order valence-corrected chi connectivity index (χ0v) is 12.1. The number of nitrogens with one attached hydrogen (secondary N) is 1. The highest BCUT2D eigenvalue weighted by Gasteiger charge is 2.13. The fourth-order valence-electron chi connectivity index (χ4n) is 1.32. The van der Waals surface area contributed by atoms with Crippen LogP contribution >= 0.6 is 12.4 Å². The van der Waals surface area contributed by atoms with Crippen LogP contribution in [0.4, 0.5) is 5.69 Å². The van der Waals surface area contributed by atoms with Gasteiger partial charge in [0, 0.05) is 12.5 Å². The van der Waals surface area contributed by atoms with Crippen LogP contribution in [0.1, 0.15) is 13.3 Å². The summed E-state index contributed by atoms with van der Waals surface area (Å²) in [7, 11) is 0. The molecule has 0 aliphatic carbocycles. The molecule has 0 saturated heterocycles. The van der Waals surface area contributed by atoms with Gasteiger partial charge in [-0.1, -0.05) is 19.1 Å². The van der Waals surface area contributed by atoms with Crippen LogP contribution in [0, 0.1) is 5.92 Å². The maximum atomic E-state index is 11.8. The Hall–Kier alpha value is -1.79. The van der Waals surface area contributed by atoms with Gasteiger partial charge < -0.3 is 21.5 Å². The number of primary amides is 1. The summed E-state index contributed by atoms with van der Waals surface area (Å²) in [4.78, 5) is 22.4. The highest BCUT2D eigenvalue weighted by molar-refractivity contribution is 5.93. The third-order valence-electron chi connectivity index (χ3n) is 2.55. The van der Waals surface area contributed by atoms with Crippen LogP contribution in [0.5, 0.6) is 5.75 Å². The number of anilines is 1. The molecule has 20 heavy (non-hydrogen) atoms. The van der Waals surface area contributed by atoms with Gasteiger partial charge in [-0.15, -0.1) is 12.4 Å². The van der Waals surface area contributed by atoms with E-state index in [0.29, 0.717) is 11.4 Å². The molecule has 7 heteroatoms. The largest absolute Gasteiger partial charge is 0.491 e. The molecule has 1 atom stereocenters. The number of halogens is 1. The molecule has 0 aliphatic heterocycles. The minimum atomic E-state index is -0.432. The number of rotatable bonds is 7. The first-order valence-electron chi connectivity index (χ1n) is 6.05. The van der Waals surface area contributed by atoms with Crippen LogP contribution < -0.4 is 21.5 Å². The molecule has 0 saturated carbocycles. The molecule has 1 aromatic carbocycles. The fraction of sp³-hybridized carbons (Fsp3) is 0.385. The first kappa shape index (κ1) is 18.2. The minimum Gasteiger partial charge on any atom is -0.491 e. The number of carbonyl (C=O) groups is 2. The molecule has 6 nitrogen and oxygen atoms in total. The Bertz CT molecular complexity index is 454. The molecule has 0 aromatic heterocycles. The summed E-state index contributed by atoms with van der Waals surface area (Å²) >= 11 is 0. The molecular formula is C13H20ClN3O3. The lowest BCUT2D eigenvalue weighted by molar-refractivity contribution is -0.119. The van der Waals surface area contributed by atoms with Crippen molar-refractivity contribution >= 4 is 29.9 Å². The Morgan fingerprint density at radius 3 is 2.60 bits per heavy atom. The molecule has 1 aromatic rings. The van der Waals surface area contributed by atoms with Gasteiger partial charge >= 0.3 is 0 Å². The van der Waals surface area contributed by atoms with Gasteiger partial charge in [0.05, 0.1) is 18.7 Å². The number of para-hydroxylation sites is 2. The predicted octanol–water partition coefficient (Wildman–Crippen LogP) is 0.896. The number of nitrogens with two attached hydrogens (primary N) is 2. The second-order valence-electron chi connectivity index (χ2n) is 4.19. The van der Waals surface area contributed by atoms with Crippen LogP contribution in [0.25, 0.3) is 0 Å². The number of carbonyl (C=O) groups excluding carboxylic acids is 2. The Labute approximate surface area is 124 Å². The summed E-state index contributed by atoms with van der Waals surface area (Å²) in [6.07, 6.45) is 0.126. The second-order valence-corrected chi connectivity index (χ2v) is 4.19. The van der Waals surface area contributed by atoms with Crippen LogP contribution in [0.2, 0.25) is 0 Å². The molecule has 112 valence electrons. The van der Waals surface area contributed by atoms with E-state index in [9.17, 15) is 9.59 Å². The Morgan fingerprint density at radius 2 is 2.00 bits per heavy atom. The van der Waals surface area contributed by atoms with E-state index in [1.807, 2.05) is 0 Å². The van der Waals surface area contributed by atoms with Crippen molar-refractivity contribution in [1.29, 1.82) is 0 Å². The molecule has 0 heterocycles. The van der Waals surface area contributed by atoms with E-state index in [2.05, 4.69) is 5.32 Å². The summed E-state index contributed by atoms with van der Waals surface area (Å²) in [5, 5.41) is 2.74. The highest BCUT2D eigenvalue weighted by Crippen LogP contribution is 2.24. The molecular weight excluding hydrogens is 282 g/mol. The summed E-state index contributed by atoms with van der Waals surface area (Å²) in [5.41, 5.74) is 11.0. The van der Waals surface area contributed by atoms with Crippen LogP contribution in [0.15, 0.2) is 24.3 Å². The molecule has 0 spiro atoms. The summed E-state index contributed by atoms with van der Waals surface area (Å²) < 4.78 is 5.42. The summed E-state index contributed by atoms with van der Waals surface area (Å²) in [5.74, 6) is -0.383. The Kier molecular flexibility index (Phi) is 8.35. The van der Waals surface area contributed by atoms with Crippen molar-refractivity contribution in [2.24, 2.45) is 17.4 Å². The van der Waals surface area contributed by atoms with Gasteiger partial charge in [0.2, 0.25) is 11.8 Å². The average molecular weight is 302 g/mol. The van der Waals surface area contributed by atoms with E-state index >= 15 is 0 Å². The quantitative estimate of drug-likeness (QED) is 0.695. The average Bonchev–Trinajstić information content (AvgIpc) is 2.39. The van der Waals surface area contributed by atoms with E-state index in [0.717, 1.165) is 0 Å². The monoisotopic (exact) mass is 301 g/mol. The lowest BCUT2D eigenvalue weighted by atomic mass is 10.1. The molecule has 0 fully saturated rings. The van der Waals surface area contributed by atoms with Gasteiger partial charge in [-0.25, -0.2) is 0 Å². The molecule has 2 amide bonds. The topological polar surface area (TPSA) is 107 Å². The smallest absolute Gasteiger partial charge is 0.228 e. The van der Waals surface area contributed by atoms with E-state index < -0.39 is 5.91 Å². The van der Waals surface area contributed by atoms with Crippen molar-refractivity contribution in [3.05, 3.63) is 24.3 Å². The van der Waals surface area contributed by atoms with Crippen molar-refractivity contribution < 1.29 is 14.3 Å². The van der Waals surface area contributed by atoms with E-state index in [1.54, 1.807) is 31.2 Å². The van der Waals surface area contributed by atoms with Crippen LogP contribution in [-0.4, -0.2) is 25.0 Å². The maximum absolute atomic E-state index is 11.8. The normalized spacial score (nSPS) is 11.1. The van der Waals surface area contributed by atoms with Gasteiger partial charge in [0.25, 0.3) is 0 Å². The van der Waals surface area contributed by atoms with Gasteiger partial charge in [-0.05, 0) is 12.1 Å². The second kappa shape index (κ2) is 9.17. The molecule has 5 N–H and O–H groups in total. The fourth-order valence-corrected chi connectivity index (χ4v) is 1.32. The molecule has 0 radical (unpaired) electrons. The lowest BCUT2D eigenvalue weighted by Gasteiger charge is -2.14. The third kappa shape index (κ3) is 5.90. The number of amides is 2. The first-order valence-corrected chi connectivity index (χ1v) is 6.05. The first-order chi connectivity index (χ1) is 9.04. The van der Waals surface area contributed by atoms with Gasteiger partial charge in [-0.2, -0.15) is 0 Å². The highest BCUT2D eigenvalue weighted by atomic mass is 35.5. The molecule has 1 rings (SSSR count). The zero-order chi connectivity index (χ0) is 14.3. The number of hydrogen-bond donors (Lipinski definition) is 3. The Morgan fingerprint density at radius 1 is 1.35 bits per heavy atom. The van der Waals surface area contributed by atoms with E-state index in [1.165, 1.54) is 0 Å². The lowest BCUT2D eigenvalue weighted by Crippen LogP contribution is -2.27. The van der Waals surface area contributed by atoms with Gasteiger partial charge in [-0.3, -0.25) is 9.59 Å². The number of ether oxygens (including phenoxy) is 1. The summed E-state index contributed by atoms with van der Waals surface area (Å²) in [6, 6.07) is 7.00. The van der Waals surface area contributed by atoms with Crippen molar-refractivity contribution in [3.63, 3.8) is 0 Å². The third-order valence-corrected chi connectivity index (χ3v) is 2.55. The van der Waals surface area contributed by atoms with Crippen molar-refractivity contribution in [1.82, 2.24) is 0 Å². The van der Waals surface area contributed by atoms with Gasteiger partial charge in [0.1, 0.15) is 5.75 Å². The van der Waals surface area contributed by atoms with E-state index in [-0.39, 0.29) is 43.8 Å². The van der Waals surface area contributed by atoms with Crippen molar-refractivity contribution in [3.8, 4) is 5.75 Å². The number of benzene rings is 1.